The van der Waals surface area contributed by atoms with Crippen LogP contribution in [0.25, 0.3) is 0 Å². The highest BCUT2D eigenvalue weighted by atomic mass is 79.9. The molecule has 2 rings (SSSR count). The molecule has 1 fully saturated rings. The maximum Gasteiger partial charge on any atom is 0.322 e. The molecule has 2 atom stereocenters. The van der Waals surface area contributed by atoms with Gasteiger partial charge in [-0.2, -0.15) is 0 Å². The summed E-state index contributed by atoms with van der Waals surface area (Å²) >= 11 is 3.19. The molecule has 0 amide bonds. The van der Waals surface area contributed by atoms with Gasteiger partial charge in [-0.3, -0.25) is 14.9 Å². The summed E-state index contributed by atoms with van der Waals surface area (Å²) in [5, 5.41) is 3.11. The van der Waals surface area contributed by atoms with Crippen LogP contribution in [0.15, 0.2) is 21.7 Å². The van der Waals surface area contributed by atoms with E-state index in [1.807, 2.05) is 0 Å². The normalized spacial score (nSPS) is 23.6. The minimum absolute atomic E-state index is 0.0493. The number of carbonyl (C=O) groups excluding carboxylic acids is 1. The molecule has 6 heteroatoms. The van der Waals surface area contributed by atoms with E-state index in [0.717, 1.165) is 6.42 Å². The summed E-state index contributed by atoms with van der Waals surface area (Å²) in [6.07, 6.45) is 4.70. The Balaban J connectivity index is 2.18. The van der Waals surface area contributed by atoms with E-state index in [1.54, 1.807) is 12.4 Å². The van der Waals surface area contributed by atoms with Gasteiger partial charge in [0.15, 0.2) is 5.43 Å². The van der Waals surface area contributed by atoms with Gasteiger partial charge in [-0.15, -0.1) is 0 Å². The number of hydrogen-bond acceptors (Lipinski definition) is 4. The molecule has 0 aromatic carbocycles. The Morgan fingerprint density at radius 3 is 2.94 bits per heavy atom. The number of pyridine rings is 1. The predicted octanol–water partition coefficient (Wildman–Crippen LogP) is 1.10. The number of methoxy groups -OCH3 is 1. The van der Waals surface area contributed by atoms with Crippen molar-refractivity contribution in [3.8, 4) is 0 Å². The fraction of sp³-hybridized carbons (Fsp3) is 0.455. The Bertz CT molecular complexity index is 486. The zero-order valence-corrected chi connectivity index (χ0v) is 10.9. The van der Waals surface area contributed by atoms with Gasteiger partial charge < -0.3 is 9.72 Å². The lowest BCUT2D eigenvalue weighted by Crippen LogP contribution is -2.34. The summed E-state index contributed by atoms with van der Waals surface area (Å²) in [7, 11) is 1.36. The maximum atomic E-state index is 11.9. The maximum absolute atomic E-state index is 11.9. The van der Waals surface area contributed by atoms with E-state index in [1.165, 1.54) is 7.11 Å². The fourth-order valence-corrected chi connectivity index (χ4v) is 2.41. The van der Waals surface area contributed by atoms with Gasteiger partial charge in [0.25, 0.3) is 0 Å². The van der Waals surface area contributed by atoms with Crippen molar-refractivity contribution in [2.24, 2.45) is 0 Å². The summed E-state index contributed by atoms with van der Waals surface area (Å²) in [4.78, 5) is 26.1. The van der Waals surface area contributed by atoms with Crippen LogP contribution in [0, 0.1) is 0 Å². The summed E-state index contributed by atoms with van der Waals surface area (Å²) < 4.78 is 5.17. The lowest BCUT2D eigenvalue weighted by atomic mass is 10.1. The van der Waals surface area contributed by atoms with Gasteiger partial charge in [0.2, 0.25) is 0 Å². The molecule has 5 nitrogen and oxygen atoms in total. The Labute approximate surface area is 107 Å². The first-order valence-electron chi connectivity index (χ1n) is 5.34. The second-order valence-corrected chi connectivity index (χ2v) is 4.81. The minimum atomic E-state index is -0.316. The van der Waals surface area contributed by atoms with Crippen molar-refractivity contribution in [1.29, 1.82) is 0 Å². The Morgan fingerprint density at radius 1 is 1.47 bits per heavy atom. The third kappa shape index (κ3) is 2.42. The largest absolute Gasteiger partial charge is 0.468 e. The van der Waals surface area contributed by atoms with Gasteiger partial charge in [-0.25, -0.2) is 0 Å². The summed E-state index contributed by atoms with van der Waals surface area (Å²) in [5.41, 5.74) is 0.595. The third-order valence-electron chi connectivity index (χ3n) is 2.94. The molecule has 0 spiro atoms. The molecule has 17 heavy (non-hydrogen) atoms. The average Bonchev–Trinajstić information content (AvgIpc) is 2.81. The monoisotopic (exact) mass is 300 g/mol. The molecule has 92 valence electrons. The summed E-state index contributed by atoms with van der Waals surface area (Å²) in [5.74, 6) is -0.279. The van der Waals surface area contributed by atoms with Crippen LogP contribution in [0.2, 0.25) is 0 Å². The Hall–Kier alpha value is -1.14. The van der Waals surface area contributed by atoms with Crippen molar-refractivity contribution in [2.75, 3.05) is 7.11 Å². The molecule has 0 aliphatic carbocycles. The first kappa shape index (κ1) is 12.3. The molecular weight excluding hydrogens is 288 g/mol. The van der Waals surface area contributed by atoms with Crippen molar-refractivity contribution in [1.82, 2.24) is 10.3 Å². The van der Waals surface area contributed by atoms with E-state index in [9.17, 15) is 9.59 Å². The Morgan fingerprint density at radius 2 is 2.24 bits per heavy atom. The number of esters is 1. The molecule has 1 aliphatic heterocycles. The first-order valence-corrected chi connectivity index (χ1v) is 6.13. The van der Waals surface area contributed by atoms with E-state index in [-0.39, 0.29) is 23.5 Å². The number of aromatic amines is 1. The van der Waals surface area contributed by atoms with E-state index in [4.69, 9.17) is 0 Å². The SMILES string of the molecule is COC(=O)[C@H]1CC[C@@H](c2c[nH]cc(Br)c2=O)N1. The molecule has 1 aromatic heterocycles. The standard InChI is InChI=1S/C11H13BrN2O3/c1-17-11(16)9-3-2-8(14-9)6-4-13-5-7(12)10(6)15/h4-5,8-9,14H,2-3H2,1H3,(H,13,15)/t8-,9+/m0/s1. The van der Waals surface area contributed by atoms with Crippen molar-refractivity contribution in [3.63, 3.8) is 0 Å². The highest BCUT2D eigenvalue weighted by molar-refractivity contribution is 9.10. The number of H-pyrrole nitrogens is 1. The molecule has 0 radical (unpaired) electrons. The number of carbonyl (C=O) groups is 1. The molecule has 2 N–H and O–H groups in total. The van der Waals surface area contributed by atoms with Crippen LogP contribution in [0.1, 0.15) is 24.4 Å². The molecule has 1 saturated heterocycles. The highest BCUT2D eigenvalue weighted by Gasteiger charge is 2.31. The van der Waals surface area contributed by atoms with E-state index >= 15 is 0 Å². The van der Waals surface area contributed by atoms with Gasteiger partial charge >= 0.3 is 5.97 Å². The van der Waals surface area contributed by atoms with Crippen LogP contribution in [0.3, 0.4) is 0 Å². The number of halogens is 1. The van der Waals surface area contributed by atoms with Crippen LogP contribution in [-0.2, 0) is 9.53 Å². The van der Waals surface area contributed by atoms with Crippen LogP contribution in [0.5, 0.6) is 0 Å². The minimum Gasteiger partial charge on any atom is -0.468 e. The summed E-state index contributed by atoms with van der Waals surface area (Å²) in [6, 6.07) is -0.413. The number of aromatic nitrogens is 1. The van der Waals surface area contributed by atoms with Crippen molar-refractivity contribution in [3.05, 3.63) is 32.7 Å². The molecule has 2 heterocycles. The van der Waals surface area contributed by atoms with Crippen LogP contribution >= 0.6 is 15.9 Å². The lowest BCUT2D eigenvalue weighted by Gasteiger charge is -2.12. The quantitative estimate of drug-likeness (QED) is 0.803. The number of hydrogen-bond donors (Lipinski definition) is 2. The molecule has 0 unspecified atom stereocenters. The van der Waals surface area contributed by atoms with E-state index in [0.29, 0.717) is 16.5 Å². The second-order valence-electron chi connectivity index (χ2n) is 3.96. The van der Waals surface area contributed by atoms with E-state index in [2.05, 4.69) is 31.0 Å². The predicted molar refractivity (Wildman–Crippen MR) is 65.7 cm³/mol. The number of nitrogens with one attached hydrogen (secondary N) is 2. The van der Waals surface area contributed by atoms with Crippen LogP contribution in [-0.4, -0.2) is 24.1 Å². The van der Waals surface area contributed by atoms with Gasteiger partial charge in [0, 0.05) is 24.0 Å². The van der Waals surface area contributed by atoms with Crippen molar-refractivity contribution >= 4 is 21.9 Å². The number of rotatable bonds is 2. The molecule has 1 aromatic rings. The molecular formula is C11H13BrN2O3. The van der Waals surface area contributed by atoms with Gasteiger partial charge in [-0.1, -0.05) is 0 Å². The van der Waals surface area contributed by atoms with E-state index < -0.39 is 0 Å². The van der Waals surface area contributed by atoms with Gasteiger partial charge in [0.1, 0.15) is 6.04 Å². The highest BCUT2D eigenvalue weighted by Crippen LogP contribution is 2.25. The fourth-order valence-electron chi connectivity index (χ4n) is 2.05. The van der Waals surface area contributed by atoms with Crippen molar-refractivity contribution < 1.29 is 9.53 Å². The second kappa shape index (κ2) is 5.01. The van der Waals surface area contributed by atoms with Crippen LogP contribution in [0.4, 0.5) is 0 Å². The zero-order valence-electron chi connectivity index (χ0n) is 9.33. The summed E-state index contributed by atoms with van der Waals surface area (Å²) in [6.45, 7) is 0. The average molecular weight is 301 g/mol. The molecule has 0 bridgehead atoms. The third-order valence-corrected chi connectivity index (χ3v) is 3.52. The zero-order chi connectivity index (χ0) is 12.4. The first-order chi connectivity index (χ1) is 8.13. The smallest absolute Gasteiger partial charge is 0.322 e. The van der Waals surface area contributed by atoms with Gasteiger partial charge in [0.05, 0.1) is 11.6 Å². The molecule has 1 aliphatic rings. The molecule has 0 saturated carbocycles. The topological polar surface area (TPSA) is 71.2 Å². The Kier molecular flexibility index (Phi) is 3.63. The van der Waals surface area contributed by atoms with Crippen molar-refractivity contribution in [2.45, 2.75) is 24.9 Å². The van der Waals surface area contributed by atoms with Gasteiger partial charge in [-0.05, 0) is 28.8 Å². The van der Waals surface area contributed by atoms with Crippen LogP contribution < -0.4 is 10.7 Å². The number of ether oxygens (including phenoxy) is 1. The lowest BCUT2D eigenvalue weighted by molar-refractivity contribution is -0.142.